The van der Waals surface area contributed by atoms with Crippen LogP contribution < -0.4 is 4.74 Å². The number of rotatable bonds is 10. The highest BCUT2D eigenvalue weighted by Gasteiger charge is 2.34. The zero-order valence-corrected chi connectivity index (χ0v) is 19.6. The maximum Gasteiger partial charge on any atom is 0.573 e. The first-order valence-electron chi connectivity index (χ1n) is 11.8. The SMILES string of the molecule is CC=CCCC1CCC(c2ccc(COC(F)(F)Cc3ccc(OC(F)(F)F)c(F)c3)cc2)CC1. The van der Waals surface area contributed by atoms with Crippen LogP contribution in [0, 0.1) is 11.7 Å². The van der Waals surface area contributed by atoms with Crippen molar-refractivity contribution >= 4 is 0 Å². The first kappa shape index (κ1) is 27.1. The van der Waals surface area contributed by atoms with E-state index in [4.69, 9.17) is 4.74 Å². The van der Waals surface area contributed by atoms with E-state index in [9.17, 15) is 26.3 Å². The van der Waals surface area contributed by atoms with Gasteiger partial charge >= 0.3 is 12.5 Å². The Hall–Kier alpha value is -2.48. The number of hydrogen-bond acceptors (Lipinski definition) is 2. The number of halogens is 6. The van der Waals surface area contributed by atoms with Crippen molar-refractivity contribution < 1.29 is 35.8 Å². The van der Waals surface area contributed by atoms with E-state index in [0.29, 0.717) is 23.6 Å². The van der Waals surface area contributed by atoms with Gasteiger partial charge in [-0.1, -0.05) is 42.5 Å². The van der Waals surface area contributed by atoms with Crippen molar-refractivity contribution in [3.63, 3.8) is 0 Å². The third-order valence-corrected chi connectivity index (χ3v) is 6.36. The number of ether oxygens (including phenoxy) is 2. The second-order valence-corrected chi connectivity index (χ2v) is 9.02. The Morgan fingerprint density at radius 3 is 2.17 bits per heavy atom. The van der Waals surface area contributed by atoms with Gasteiger partial charge < -0.3 is 9.47 Å². The smallest absolute Gasteiger partial charge is 0.403 e. The topological polar surface area (TPSA) is 18.5 Å². The number of benzene rings is 2. The van der Waals surface area contributed by atoms with Crippen LogP contribution in [0.1, 0.15) is 68.1 Å². The summed E-state index contributed by atoms with van der Waals surface area (Å²) >= 11 is 0. The summed E-state index contributed by atoms with van der Waals surface area (Å²) < 4.78 is 87.2. The van der Waals surface area contributed by atoms with Gasteiger partial charge in [0.2, 0.25) is 0 Å². The van der Waals surface area contributed by atoms with Gasteiger partial charge in [0.05, 0.1) is 13.0 Å². The summed E-state index contributed by atoms with van der Waals surface area (Å²) in [6.45, 7) is 1.69. The molecular formula is C27H30F6O2. The number of alkyl halides is 5. The summed E-state index contributed by atoms with van der Waals surface area (Å²) in [5.41, 5.74) is 1.57. The molecule has 35 heavy (non-hydrogen) atoms. The van der Waals surface area contributed by atoms with Gasteiger partial charge in [-0.15, -0.1) is 13.2 Å². The molecule has 0 atom stereocenters. The van der Waals surface area contributed by atoms with Crippen LogP contribution in [0.2, 0.25) is 0 Å². The van der Waals surface area contributed by atoms with Crippen LogP contribution in [0.5, 0.6) is 5.75 Å². The molecule has 0 saturated heterocycles. The minimum atomic E-state index is -5.07. The first-order valence-corrected chi connectivity index (χ1v) is 11.8. The predicted molar refractivity (Wildman–Crippen MR) is 122 cm³/mol. The van der Waals surface area contributed by atoms with Crippen LogP contribution in [0.15, 0.2) is 54.6 Å². The molecule has 2 nitrogen and oxygen atoms in total. The molecule has 1 aliphatic rings. The van der Waals surface area contributed by atoms with Crippen molar-refractivity contribution in [1.29, 1.82) is 0 Å². The molecule has 2 aromatic carbocycles. The largest absolute Gasteiger partial charge is 0.573 e. The van der Waals surface area contributed by atoms with Crippen LogP contribution >= 0.6 is 0 Å². The fourth-order valence-corrected chi connectivity index (χ4v) is 4.51. The maximum atomic E-state index is 14.3. The Labute approximate surface area is 201 Å². The zero-order valence-electron chi connectivity index (χ0n) is 19.6. The third kappa shape index (κ3) is 8.91. The fraction of sp³-hybridized carbons (Fsp3) is 0.481. The Bertz CT molecular complexity index is 961. The lowest BCUT2D eigenvalue weighted by Crippen LogP contribution is -2.24. The Morgan fingerprint density at radius 1 is 0.914 bits per heavy atom. The van der Waals surface area contributed by atoms with Gasteiger partial charge in [0.1, 0.15) is 0 Å². The van der Waals surface area contributed by atoms with E-state index in [1.54, 1.807) is 12.1 Å². The normalized spacial score (nSPS) is 19.3. The Morgan fingerprint density at radius 2 is 1.57 bits per heavy atom. The number of hydrogen-bond donors (Lipinski definition) is 0. The van der Waals surface area contributed by atoms with E-state index in [1.807, 2.05) is 19.1 Å². The molecule has 0 heterocycles. The highest BCUT2D eigenvalue weighted by atomic mass is 19.4. The highest BCUT2D eigenvalue weighted by molar-refractivity contribution is 5.30. The van der Waals surface area contributed by atoms with E-state index in [2.05, 4.69) is 16.9 Å². The fourth-order valence-electron chi connectivity index (χ4n) is 4.51. The summed E-state index contributed by atoms with van der Waals surface area (Å²) in [5, 5.41) is 0. The molecule has 0 amide bonds. The van der Waals surface area contributed by atoms with Crippen molar-refractivity contribution in [3.8, 4) is 5.75 Å². The summed E-state index contributed by atoms with van der Waals surface area (Å²) in [4.78, 5) is 0. The van der Waals surface area contributed by atoms with Crippen molar-refractivity contribution in [2.45, 2.75) is 76.9 Å². The van der Waals surface area contributed by atoms with Crippen molar-refractivity contribution in [2.24, 2.45) is 5.92 Å². The summed E-state index contributed by atoms with van der Waals surface area (Å²) in [6, 6.07) is 9.66. The van der Waals surface area contributed by atoms with Crippen molar-refractivity contribution in [3.05, 3.63) is 77.1 Å². The van der Waals surface area contributed by atoms with Crippen molar-refractivity contribution in [2.75, 3.05) is 0 Å². The van der Waals surface area contributed by atoms with Crippen molar-refractivity contribution in [1.82, 2.24) is 0 Å². The highest BCUT2D eigenvalue weighted by Crippen LogP contribution is 2.38. The van der Waals surface area contributed by atoms with Gasteiger partial charge in [0, 0.05) is 0 Å². The molecule has 0 aliphatic heterocycles. The molecule has 0 bridgehead atoms. The molecule has 0 N–H and O–H groups in total. The molecule has 0 aromatic heterocycles. The van der Waals surface area contributed by atoms with Gasteiger partial charge in [0.15, 0.2) is 11.6 Å². The van der Waals surface area contributed by atoms with Crippen LogP contribution in [0.4, 0.5) is 26.3 Å². The molecule has 0 spiro atoms. The average molecular weight is 501 g/mol. The molecule has 0 unspecified atom stereocenters. The second kappa shape index (κ2) is 12.0. The average Bonchev–Trinajstić information content (AvgIpc) is 2.80. The molecule has 1 fully saturated rings. The lowest BCUT2D eigenvalue weighted by atomic mass is 9.77. The van der Waals surface area contributed by atoms with Crippen LogP contribution in [-0.2, 0) is 17.8 Å². The van der Waals surface area contributed by atoms with E-state index in [-0.39, 0.29) is 12.2 Å². The quantitative estimate of drug-likeness (QED) is 0.240. The van der Waals surface area contributed by atoms with Gasteiger partial charge in [0.25, 0.3) is 0 Å². The molecule has 1 aliphatic carbocycles. The second-order valence-electron chi connectivity index (χ2n) is 9.02. The molecule has 192 valence electrons. The Balaban J connectivity index is 1.48. The lowest BCUT2D eigenvalue weighted by Gasteiger charge is -2.28. The summed E-state index contributed by atoms with van der Waals surface area (Å²) in [5.74, 6) is -1.21. The van der Waals surface area contributed by atoms with Crippen LogP contribution in [0.3, 0.4) is 0 Å². The minimum Gasteiger partial charge on any atom is -0.403 e. The summed E-state index contributed by atoms with van der Waals surface area (Å²) in [6.07, 6.45) is 1.60. The lowest BCUT2D eigenvalue weighted by molar-refractivity contribution is -0.275. The Kier molecular flexibility index (Phi) is 9.27. The van der Waals surface area contributed by atoms with Crippen LogP contribution in [0.25, 0.3) is 0 Å². The van der Waals surface area contributed by atoms with Gasteiger partial charge in [-0.3, -0.25) is 0 Å². The maximum absolute atomic E-state index is 14.3. The third-order valence-electron chi connectivity index (χ3n) is 6.36. The molecule has 8 heteroatoms. The van der Waals surface area contributed by atoms with Gasteiger partial charge in [-0.05, 0) is 86.1 Å². The van der Waals surface area contributed by atoms with E-state index < -0.39 is 30.5 Å². The zero-order chi connectivity index (χ0) is 25.5. The summed E-state index contributed by atoms with van der Waals surface area (Å²) in [7, 11) is 0. The minimum absolute atomic E-state index is 0.210. The predicted octanol–water partition coefficient (Wildman–Crippen LogP) is 8.71. The molecule has 0 radical (unpaired) electrons. The number of allylic oxidation sites excluding steroid dienone is 2. The molecular weight excluding hydrogens is 470 g/mol. The monoisotopic (exact) mass is 500 g/mol. The van der Waals surface area contributed by atoms with Gasteiger partial charge in [-0.25, -0.2) is 4.39 Å². The first-order chi connectivity index (χ1) is 16.5. The van der Waals surface area contributed by atoms with E-state index in [0.717, 1.165) is 31.2 Å². The molecule has 1 saturated carbocycles. The van der Waals surface area contributed by atoms with E-state index in [1.165, 1.54) is 24.8 Å². The molecule has 2 aromatic rings. The van der Waals surface area contributed by atoms with Crippen LogP contribution in [-0.4, -0.2) is 12.5 Å². The molecule has 3 rings (SSSR count). The van der Waals surface area contributed by atoms with E-state index >= 15 is 0 Å². The standard InChI is InChI=1S/C27H30F6O2/c1-2-3-4-5-19-6-11-22(12-7-19)23-13-8-20(9-14-23)18-34-26(29,30)17-21-10-15-25(24(28)16-21)35-27(31,32)33/h2-3,8-10,13-16,19,22H,4-7,11-12,17-18H2,1H3. The van der Waals surface area contributed by atoms with Gasteiger partial charge in [-0.2, -0.15) is 8.78 Å².